The first-order valence-electron chi connectivity index (χ1n) is 7.17. The van der Waals surface area contributed by atoms with Gasteiger partial charge in [-0.05, 0) is 18.4 Å². The van der Waals surface area contributed by atoms with Gasteiger partial charge in [-0.3, -0.25) is 0 Å². The molecule has 0 radical (unpaired) electrons. The molecule has 0 amide bonds. The molecular formula is C14H19N7. The minimum Gasteiger partial charge on any atom is -0.382 e. The zero-order chi connectivity index (χ0) is 14.7. The molecule has 0 bridgehead atoms. The normalized spacial score (nSPS) is 11.4. The Balaban J connectivity index is 1.69. The van der Waals surface area contributed by atoms with Crippen LogP contribution in [0, 0.1) is 0 Å². The van der Waals surface area contributed by atoms with E-state index in [1.807, 2.05) is 6.20 Å². The molecule has 0 saturated carbocycles. The Hall–Kier alpha value is -2.44. The minimum atomic E-state index is 0.362. The molecule has 0 aliphatic rings. The van der Waals surface area contributed by atoms with E-state index in [0.29, 0.717) is 5.92 Å². The van der Waals surface area contributed by atoms with Gasteiger partial charge in [0.05, 0.1) is 11.4 Å². The van der Waals surface area contributed by atoms with Crippen LogP contribution >= 0.6 is 0 Å². The van der Waals surface area contributed by atoms with Crippen molar-refractivity contribution in [3.63, 3.8) is 0 Å². The smallest absolute Gasteiger partial charge is 0.200 e. The fourth-order valence-corrected chi connectivity index (χ4v) is 2.17. The fraction of sp³-hybridized carbons (Fsp3) is 0.429. The van der Waals surface area contributed by atoms with Crippen LogP contribution in [0.2, 0.25) is 0 Å². The average molecular weight is 285 g/mol. The SMILES string of the molecule is CC(C)c1cc(NCCCc2ncc[nH]2)c2nncn2n1. The van der Waals surface area contributed by atoms with Crippen molar-refractivity contribution in [1.82, 2.24) is 29.8 Å². The van der Waals surface area contributed by atoms with Gasteiger partial charge in [0, 0.05) is 25.4 Å². The molecule has 3 aromatic rings. The van der Waals surface area contributed by atoms with Gasteiger partial charge in [0.25, 0.3) is 0 Å². The fourth-order valence-electron chi connectivity index (χ4n) is 2.17. The van der Waals surface area contributed by atoms with Gasteiger partial charge < -0.3 is 10.3 Å². The molecule has 3 aromatic heterocycles. The summed E-state index contributed by atoms with van der Waals surface area (Å²) in [4.78, 5) is 7.33. The Bertz CT molecular complexity index is 699. The number of anilines is 1. The number of fused-ring (bicyclic) bond motifs is 1. The van der Waals surface area contributed by atoms with Crippen LogP contribution < -0.4 is 5.32 Å². The van der Waals surface area contributed by atoms with Crippen LogP contribution in [-0.4, -0.2) is 36.3 Å². The van der Waals surface area contributed by atoms with Crippen molar-refractivity contribution in [2.45, 2.75) is 32.6 Å². The third-order valence-electron chi connectivity index (χ3n) is 3.34. The number of H-pyrrole nitrogens is 1. The van der Waals surface area contributed by atoms with Crippen LogP contribution in [0.3, 0.4) is 0 Å². The van der Waals surface area contributed by atoms with E-state index >= 15 is 0 Å². The molecule has 0 aromatic carbocycles. The number of imidazole rings is 1. The number of aromatic nitrogens is 6. The van der Waals surface area contributed by atoms with Crippen molar-refractivity contribution in [1.29, 1.82) is 0 Å². The lowest BCUT2D eigenvalue weighted by atomic mass is 10.1. The summed E-state index contributed by atoms with van der Waals surface area (Å²) >= 11 is 0. The Kier molecular flexibility index (Phi) is 3.81. The number of nitrogens with zero attached hydrogens (tertiary/aromatic N) is 5. The van der Waals surface area contributed by atoms with Gasteiger partial charge in [-0.1, -0.05) is 13.8 Å². The van der Waals surface area contributed by atoms with Crippen LogP contribution in [0.1, 0.15) is 37.7 Å². The molecule has 0 saturated heterocycles. The van der Waals surface area contributed by atoms with Crippen LogP contribution in [0.5, 0.6) is 0 Å². The maximum atomic E-state index is 4.50. The Labute approximate surface area is 122 Å². The Morgan fingerprint density at radius 3 is 3.05 bits per heavy atom. The molecule has 7 heteroatoms. The standard InChI is InChI=1S/C14H19N7/c1-10(2)11-8-12(14-19-18-9-21(14)20-11)15-5-3-4-13-16-6-7-17-13/h6-10,15H,3-5H2,1-2H3,(H,16,17). The van der Waals surface area contributed by atoms with Gasteiger partial charge in [-0.15, -0.1) is 10.2 Å². The highest BCUT2D eigenvalue weighted by atomic mass is 15.3. The highest BCUT2D eigenvalue weighted by molar-refractivity contribution is 5.66. The van der Waals surface area contributed by atoms with E-state index in [1.165, 1.54) is 0 Å². The first-order valence-corrected chi connectivity index (χ1v) is 7.17. The summed E-state index contributed by atoms with van der Waals surface area (Å²) in [6.07, 6.45) is 7.17. The van der Waals surface area contributed by atoms with Gasteiger partial charge in [-0.2, -0.15) is 9.61 Å². The molecule has 2 N–H and O–H groups in total. The van der Waals surface area contributed by atoms with E-state index in [1.54, 1.807) is 17.0 Å². The van der Waals surface area contributed by atoms with Crippen LogP contribution in [0.4, 0.5) is 5.69 Å². The van der Waals surface area contributed by atoms with Gasteiger partial charge in [0.2, 0.25) is 5.65 Å². The lowest BCUT2D eigenvalue weighted by molar-refractivity contribution is 0.760. The lowest BCUT2D eigenvalue weighted by Crippen LogP contribution is -2.08. The number of aryl methyl sites for hydroxylation is 1. The molecule has 0 aliphatic carbocycles. The molecule has 0 aliphatic heterocycles. The van der Waals surface area contributed by atoms with Crippen molar-refractivity contribution in [3.8, 4) is 0 Å². The first-order chi connectivity index (χ1) is 10.2. The molecule has 21 heavy (non-hydrogen) atoms. The lowest BCUT2D eigenvalue weighted by Gasteiger charge is -2.10. The molecule has 3 heterocycles. The van der Waals surface area contributed by atoms with Crippen LogP contribution in [0.15, 0.2) is 24.8 Å². The summed E-state index contributed by atoms with van der Waals surface area (Å²) < 4.78 is 1.73. The second-order valence-corrected chi connectivity index (χ2v) is 5.30. The van der Waals surface area contributed by atoms with Crippen molar-refractivity contribution in [2.75, 3.05) is 11.9 Å². The number of hydrogen-bond donors (Lipinski definition) is 2. The predicted octanol–water partition coefficient (Wildman–Crippen LogP) is 2.02. The highest BCUT2D eigenvalue weighted by Gasteiger charge is 2.10. The third kappa shape index (κ3) is 3.01. The van der Waals surface area contributed by atoms with Crippen molar-refractivity contribution < 1.29 is 0 Å². The zero-order valence-electron chi connectivity index (χ0n) is 12.2. The van der Waals surface area contributed by atoms with Crippen LogP contribution in [-0.2, 0) is 6.42 Å². The third-order valence-corrected chi connectivity index (χ3v) is 3.34. The number of hydrogen-bond acceptors (Lipinski definition) is 5. The summed E-state index contributed by atoms with van der Waals surface area (Å²) in [5.41, 5.74) is 2.76. The van der Waals surface area contributed by atoms with E-state index < -0.39 is 0 Å². The van der Waals surface area contributed by atoms with Crippen molar-refractivity contribution in [2.24, 2.45) is 0 Å². The van der Waals surface area contributed by atoms with E-state index in [9.17, 15) is 0 Å². The molecule has 0 unspecified atom stereocenters. The summed E-state index contributed by atoms with van der Waals surface area (Å²) in [5, 5.41) is 16.0. The summed E-state index contributed by atoms with van der Waals surface area (Å²) in [6, 6.07) is 2.06. The monoisotopic (exact) mass is 285 g/mol. The average Bonchev–Trinajstić information content (AvgIpc) is 3.13. The van der Waals surface area contributed by atoms with Gasteiger partial charge in [-0.25, -0.2) is 4.98 Å². The number of nitrogens with one attached hydrogen (secondary N) is 2. The summed E-state index contributed by atoms with van der Waals surface area (Å²) in [7, 11) is 0. The van der Waals surface area contributed by atoms with E-state index in [4.69, 9.17) is 0 Å². The van der Waals surface area contributed by atoms with Gasteiger partial charge in [0.15, 0.2) is 0 Å². The molecule has 110 valence electrons. The Morgan fingerprint density at radius 1 is 1.38 bits per heavy atom. The summed E-state index contributed by atoms with van der Waals surface area (Å²) in [6.45, 7) is 5.10. The summed E-state index contributed by atoms with van der Waals surface area (Å²) in [5.74, 6) is 1.38. The van der Waals surface area contributed by atoms with Crippen molar-refractivity contribution in [3.05, 3.63) is 36.3 Å². The molecule has 0 fully saturated rings. The number of aromatic amines is 1. The van der Waals surface area contributed by atoms with Crippen LogP contribution in [0.25, 0.3) is 5.65 Å². The second kappa shape index (κ2) is 5.90. The quantitative estimate of drug-likeness (QED) is 0.677. The highest BCUT2D eigenvalue weighted by Crippen LogP contribution is 2.19. The first kappa shape index (κ1) is 13.5. The maximum absolute atomic E-state index is 4.50. The molecule has 7 nitrogen and oxygen atoms in total. The topological polar surface area (TPSA) is 83.8 Å². The predicted molar refractivity (Wildman–Crippen MR) is 80.3 cm³/mol. The minimum absolute atomic E-state index is 0.362. The largest absolute Gasteiger partial charge is 0.382 e. The number of rotatable bonds is 6. The molecule has 0 atom stereocenters. The van der Waals surface area contributed by atoms with Crippen molar-refractivity contribution >= 4 is 11.3 Å². The van der Waals surface area contributed by atoms with Gasteiger partial charge >= 0.3 is 0 Å². The molecule has 3 rings (SSSR count). The van der Waals surface area contributed by atoms with Gasteiger partial charge in [0.1, 0.15) is 12.2 Å². The second-order valence-electron chi connectivity index (χ2n) is 5.30. The zero-order valence-corrected chi connectivity index (χ0v) is 12.2. The molecule has 0 spiro atoms. The Morgan fingerprint density at radius 2 is 2.29 bits per heavy atom. The van der Waals surface area contributed by atoms with E-state index in [-0.39, 0.29) is 0 Å². The maximum Gasteiger partial charge on any atom is 0.200 e. The van der Waals surface area contributed by atoms with E-state index in [0.717, 1.165) is 42.2 Å². The van der Waals surface area contributed by atoms with E-state index in [2.05, 4.69) is 50.5 Å². The molecular weight excluding hydrogens is 266 g/mol.